The molecule has 0 aliphatic carbocycles. The van der Waals surface area contributed by atoms with E-state index in [2.05, 4.69) is 9.97 Å². The molecule has 27 heavy (non-hydrogen) atoms. The number of phenols is 1. The Morgan fingerprint density at radius 2 is 1.81 bits per heavy atom. The molecule has 0 bridgehead atoms. The van der Waals surface area contributed by atoms with Gasteiger partial charge in [-0.3, -0.25) is 0 Å². The quantitative estimate of drug-likeness (QED) is 0.640. The van der Waals surface area contributed by atoms with Gasteiger partial charge in [0, 0.05) is 18.2 Å². The number of nitrogens with zero attached hydrogens (tertiary/aromatic N) is 2. The minimum absolute atomic E-state index is 0.160. The van der Waals surface area contributed by atoms with Crippen molar-refractivity contribution in [2.45, 2.75) is 26.2 Å². The Bertz CT molecular complexity index is 879. The molecule has 0 unspecified atom stereocenters. The Balaban J connectivity index is 1.62. The van der Waals surface area contributed by atoms with Gasteiger partial charge < -0.3 is 14.6 Å². The second-order valence-corrected chi connectivity index (χ2v) is 6.18. The highest BCUT2D eigenvalue weighted by atomic mass is 16.5. The second-order valence-electron chi connectivity index (χ2n) is 6.18. The highest BCUT2D eigenvalue weighted by Crippen LogP contribution is 2.27. The van der Waals surface area contributed by atoms with Crippen molar-refractivity contribution in [1.82, 2.24) is 9.97 Å². The van der Waals surface area contributed by atoms with Crippen LogP contribution in [0.2, 0.25) is 0 Å². The maximum absolute atomic E-state index is 9.67. The largest absolute Gasteiger partial charge is 0.504 e. The molecule has 0 aliphatic heterocycles. The van der Waals surface area contributed by atoms with Crippen LogP contribution in [0.3, 0.4) is 0 Å². The minimum Gasteiger partial charge on any atom is -0.504 e. The average molecular weight is 364 g/mol. The third-order valence-electron chi connectivity index (χ3n) is 4.28. The standard InChI is InChI=1S/C22H24N2O3/c1-3-27-18-10-8-17(9-11-18)19-13-14-23-22(24-19)6-4-5-16-7-12-20(25)21(15-16)26-2/h7-15,25H,3-6H2,1-2H3. The van der Waals surface area contributed by atoms with Gasteiger partial charge in [-0.2, -0.15) is 0 Å². The Morgan fingerprint density at radius 3 is 2.56 bits per heavy atom. The van der Waals surface area contributed by atoms with Crippen molar-refractivity contribution < 1.29 is 14.6 Å². The average Bonchev–Trinajstić information content (AvgIpc) is 2.70. The molecule has 3 aromatic rings. The summed E-state index contributed by atoms with van der Waals surface area (Å²) in [6.07, 6.45) is 4.37. The first-order valence-corrected chi connectivity index (χ1v) is 9.10. The molecule has 0 fully saturated rings. The number of aromatic hydroxyl groups is 1. The van der Waals surface area contributed by atoms with Gasteiger partial charge in [-0.15, -0.1) is 0 Å². The maximum Gasteiger partial charge on any atom is 0.160 e. The smallest absolute Gasteiger partial charge is 0.160 e. The van der Waals surface area contributed by atoms with Crippen molar-refractivity contribution in [3.8, 4) is 28.5 Å². The highest BCUT2D eigenvalue weighted by Gasteiger charge is 2.06. The monoisotopic (exact) mass is 364 g/mol. The highest BCUT2D eigenvalue weighted by molar-refractivity contribution is 5.59. The third kappa shape index (κ3) is 4.97. The summed E-state index contributed by atoms with van der Waals surface area (Å²) < 4.78 is 10.6. The molecule has 1 heterocycles. The lowest BCUT2D eigenvalue weighted by atomic mass is 10.1. The molecule has 5 heteroatoms. The third-order valence-corrected chi connectivity index (χ3v) is 4.28. The molecule has 0 amide bonds. The van der Waals surface area contributed by atoms with E-state index in [9.17, 15) is 5.11 Å². The summed E-state index contributed by atoms with van der Waals surface area (Å²) >= 11 is 0. The Labute approximate surface area is 159 Å². The molecule has 2 aromatic carbocycles. The van der Waals surface area contributed by atoms with Crippen LogP contribution in [-0.4, -0.2) is 28.8 Å². The summed E-state index contributed by atoms with van der Waals surface area (Å²) in [6.45, 7) is 2.63. The van der Waals surface area contributed by atoms with Crippen LogP contribution in [0.25, 0.3) is 11.3 Å². The molecule has 1 N–H and O–H groups in total. The zero-order valence-corrected chi connectivity index (χ0v) is 15.7. The van der Waals surface area contributed by atoms with Gasteiger partial charge in [-0.05, 0) is 67.8 Å². The van der Waals surface area contributed by atoms with E-state index in [1.54, 1.807) is 19.4 Å². The number of hydrogen-bond donors (Lipinski definition) is 1. The molecule has 0 saturated heterocycles. The Kier molecular flexibility index (Phi) is 6.26. The Hall–Kier alpha value is -3.08. The van der Waals surface area contributed by atoms with Crippen LogP contribution >= 0.6 is 0 Å². The van der Waals surface area contributed by atoms with Gasteiger partial charge in [0.2, 0.25) is 0 Å². The SMILES string of the molecule is CCOc1ccc(-c2ccnc(CCCc3ccc(O)c(OC)c3)n2)cc1. The van der Waals surface area contributed by atoms with Crippen molar-refractivity contribution in [1.29, 1.82) is 0 Å². The number of rotatable bonds is 8. The fourth-order valence-electron chi connectivity index (χ4n) is 2.90. The van der Waals surface area contributed by atoms with Gasteiger partial charge in [0.05, 0.1) is 19.4 Å². The number of aryl methyl sites for hydroxylation is 2. The van der Waals surface area contributed by atoms with Crippen molar-refractivity contribution in [3.63, 3.8) is 0 Å². The van der Waals surface area contributed by atoms with E-state index in [-0.39, 0.29) is 5.75 Å². The van der Waals surface area contributed by atoms with Crippen LogP contribution in [0.4, 0.5) is 0 Å². The molecular weight excluding hydrogens is 340 g/mol. The number of aromatic nitrogens is 2. The summed E-state index contributed by atoms with van der Waals surface area (Å²) in [5, 5.41) is 9.67. The minimum atomic E-state index is 0.160. The zero-order chi connectivity index (χ0) is 19.1. The molecule has 140 valence electrons. The number of benzene rings is 2. The molecule has 5 nitrogen and oxygen atoms in total. The van der Waals surface area contributed by atoms with Crippen LogP contribution in [0, 0.1) is 0 Å². The van der Waals surface area contributed by atoms with Crippen LogP contribution in [0.15, 0.2) is 54.7 Å². The predicted octanol–water partition coefficient (Wildman–Crippen LogP) is 4.43. The van der Waals surface area contributed by atoms with E-state index in [4.69, 9.17) is 9.47 Å². The second kappa shape index (κ2) is 9.03. The number of phenolic OH excluding ortho intramolecular Hbond substituents is 1. The van der Waals surface area contributed by atoms with E-state index in [1.165, 1.54) is 0 Å². The number of ether oxygens (including phenoxy) is 2. The molecule has 3 rings (SSSR count). The summed E-state index contributed by atoms with van der Waals surface area (Å²) in [5.41, 5.74) is 3.08. The summed E-state index contributed by atoms with van der Waals surface area (Å²) in [7, 11) is 1.55. The molecule has 0 radical (unpaired) electrons. The summed E-state index contributed by atoms with van der Waals surface area (Å²) in [6, 6.07) is 15.3. The summed E-state index contributed by atoms with van der Waals surface area (Å²) in [4.78, 5) is 9.07. The molecule has 0 spiro atoms. The first kappa shape index (κ1) is 18.7. The van der Waals surface area contributed by atoms with E-state index < -0.39 is 0 Å². The normalized spacial score (nSPS) is 10.6. The fourth-order valence-corrected chi connectivity index (χ4v) is 2.90. The first-order chi connectivity index (χ1) is 13.2. The van der Waals surface area contributed by atoms with Crippen LogP contribution in [0.5, 0.6) is 17.2 Å². The molecule has 1 aromatic heterocycles. The van der Waals surface area contributed by atoms with Crippen molar-refractivity contribution in [2.75, 3.05) is 13.7 Å². The van der Waals surface area contributed by atoms with Gasteiger partial charge in [0.1, 0.15) is 11.6 Å². The Morgan fingerprint density at radius 1 is 1.00 bits per heavy atom. The van der Waals surface area contributed by atoms with Crippen molar-refractivity contribution in [3.05, 3.63) is 66.1 Å². The molecule has 0 saturated carbocycles. The van der Waals surface area contributed by atoms with Crippen LogP contribution in [-0.2, 0) is 12.8 Å². The first-order valence-electron chi connectivity index (χ1n) is 9.10. The maximum atomic E-state index is 9.67. The van der Waals surface area contributed by atoms with Crippen molar-refractivity contribution in [2.24, 2.45) is 0 Å². The van der Waals surface area contributed by atoms with Gasteiger partial charge >= 0.3 is 0 Å². The lowest BCUT2D eigenvalue weighted by molar-refractivity contribution is 0.340. The van der Waals surface area contributed by atoms with E-state index in [0.29, 0.717) is 12.4 Å². The molecule has 0 aliphatic rings. The van der Waals surface area contributed by atoms with Crippen LogP contribution in [0.1, 0.15) is 24.7 Å². The van der Waals surface area contributed by atoms with Crippen LogP contribution < -0.4 is 9.47 Å². The van der Waals surface area contributed by atoms with Gasteiger partial charge in [-0.25, -0.2) is 9.97 Å². The molecular formula is C22H24N2O3. The fraction of sp³-hybridized carbons (Fsp3) is 0.273. The van der Waals surface area contributed by atoms with Gasteiger partial charge in [-0.1, -0.05) is 6.07 Å². The van der Waals surface area contributed by atoms with Crippen molar-refractivity contribution >= 4 is 0 Å². The van der Waals surface area contributed by atoms with Gasteiger partial charge in [0.25, 0.3) is 0 Å². The number of hydrogen-bond acceptors (Lipinski definition) is 5. The lowest BCUT2D eigenvalue weighted by Gasteiger charge is -2.07. The zero-order valence-electron chi connectivity index (χ0n) is 15.7. The summed E-state index contributed by atoms with van der Waals surface area (Å²) in [5.74, 6) is 2.35. The lowest BCUT2D eigenvalue weighted by Crippen LogP contribution is -1.98. The van der Waals surface area contributed by atoms with Gasteiger partial charge in [0.15, 0.2) is 11.5 Å². The van der Waals surface area contributed by atoms with E-state index >= 15 is 0 Å². The van der Waals surface area contributed by atoms with E-state index in [1.807, 2.05) is 49.4 Å². The van der Waals surface area contributed by atoms with E-state index in [0.717, 1.165) is 47.7 Å². The topological polar surface area (TPSA) is 64.5 Å². The predicted molar refractivity (Wildman–Crippen MR) is 105 cm³/mol. The molecule has 0 atom stereocenters. The number of methoxy groups -OCH3 is 1.